The molecule has 0 spiro atoms. The Morgan fingerprint density at radius 3 is 2.67 bits per heavy atom. The largest absolute Gasteiger partial charge is 0.331 e. The van der Waals surface area contributed by atoms with Gasteiger partial charge in [-0.25, -0.2) is 4.79 Å². The number of nitrogens with one attached hydrogen (secondary N) is 1. The van der Waals surface area contributed by atoms with Gasteiger partial charge in [0.15, 0.2) is 5.00 Å². The predicted molar refractivity (Wildman–Crippen MR) is 56.2 cm³/mol. The zero-order chi connectivity index (χ0) is 11.6. The quantitative estimate of drug-likeness (QED) is 0.615. The minimum Gasteiger partial charge on any atom is -0.331 e. The summed E-state index contributed by atoms with van der Waals surface area (Å²) in [5.41, 5.74) is 0.161. The van der Waals surface area contributed by atoms with E-state index < -0.39 is 11.0 Å². The van der Waals surface area contributed by atoms with Crippen molar-refractivity contribution in [2.75, 3.05) is 19.4 Å². The minimum atomic E-state index is -0.551. The molecule has 1 heterocycles. The van der Waals surface area contributed by atoms with Crippen molar-refractivity contribution in [3.05, 3.63) is 15.8 Å². The van der Waals surface area contributed by atoms with E-state index in [0.717, 1.165) is 11.5 Å². The number of rotatable bonds is 2. The second-order valence-electron chi connectivity index (χ2n) is 3.03. The Hall–Kier alpha value is -1.70. The van der Waals surface area contributed by atoms with E-state index in [-0.39, 0.29) is 10.7 Å². The Morgan fingerprint density at radius 2 is 2.20 bits per heavy atom. The summed E-state index contributed by atoms with van der Waals surface area (Å²) in [7, 11) is 3.10. The van der Waals surface area contributed by atoms with Crippen LogP contribution in [0.4, 0.5) is 15.5 Å². The molecule has 15 heavy (non-hydrogen) atoms. The van der Waals surface area contributed by atoms with Crippen LogP contribution < -0.4 is 5.32 Å². The molecule has 1 N–H and O–H groups in total. The van der Waals surface area contributed by atoms with Crippen LogP contribution in [0.5, 0.6) is 0 Å². The number of hydrogen-bond donors (Lipinski definition) is 1. The van der Waals surface area contributed by atoms with Crippen LogP contribution in [0.2, 0.25) is 0 Å². The highest BCUT2D eigenvalue weighted by Gasteiger charge is 2.23. The SMILES string of the molecule is Cc1nsc(NC(=O)N(C)C)c1[N+](=O)[O-]. The zero-order valence-electron chi connectivity index (χ0n) is 8.47. The summed E-state index contributed by atoms with van der Waals surface area (Å²) >= 11 is 0.900. The Labute approximate surface area is 90.0 Å². The third-order valence-electron chi connectivity index (χ3n) is 1.64. The van der Waals surface area contributed by atoms with Crippen LogP contribution in [0, 0.1) is 17.0 Å². The van der Waals surface area contributed by atoms with E-state index in [2.05, 4.69) is 9.69 Å². The number of nitrogens with zero attached hydrogens (tertiary/aromatic N) is 3. The molecule has 0 bridgehead atoms. The van der Waals surface area contributed by atoms with Gasteiger partial charge in [-0.1, -0.05) is 0 Å². The van der Waals surface area contributed by atoms with Crippen molar-refractivity contribution >= 4 is 28.3 Å². The monoisotopic (exact) mass is 230 g/mol. The molecule has 0 unspecified atom stereocenters. The summed E-state index contributed by atoms with van der Waals surface area (Å²) in [6.45, 7) is 1.53. The Kier molecular flexibility index (Phi) is 3.20. The highest BCUT2D eigenvalue weighted by atomic mass is 32.1. The first-order valence-corrected chi connectivity index (χ1v) is 4.79. The number of aromatic nitrogens is 1. The predicted octanol–water partition coefficient (Wildman–Crippen LogP) is 1.45. The molecule has 2 amide bonds. The Morgan fingerprint density at radius 1 is 1.60 bits per heavy atom. The van der Waals surface area contributed by atoms with Crippen molar-refractivity contribution in [2.24, 2.45) is 0 Å². The van der Waals surface area contributed by atoms with E-state index in [9.17, 15) is 14.9 Å². The van der Waals surface area contributed by atoms with Crippen molar-refractivity contribution in [1.82, 2.24) is 9.27 Å². The molecule has 1 aromatic heterocycles. The fraction of sp³-hybridized carbons (Fsp3) is 0.429. The van der Waals surface area contributed by atoms with Gasteiger partial charge in [0, 0.05) is 14.1 Å². The molecule has 0 saturated heterocycles. The van der Waals surface area contributed by atoms with E-state index in [1.807, 2.05) is 0 Å². The molecule has 0 aliphatic carbocycles. The molecule has 0 aromatic carbocycles. The molecule has 0 atom stereocenters. The smallest absolute Gasteiger partial charge is 0.326 e. The molecular weight excluding hydrogens is 220 g/mol. The molecule has 1 rings (SSSR count). The lowest BCUT2D eigenvalue weighted by molar-refractivity contribution is -0.384. The van der Waals surface area contributed by atoms with E-state index in [1.54, 1.807) is 14.1 Å². The molecule has 0 saturated carbocycles. The number of urea groups is 1. The lowest BCUT2D eigenvalue weighted by Gasteiger charge is -2.09. The molecular formula is C7H10N4O3S. The molecule has 1 aromatic rings. The molecule has 8 heteroatoms. The summed E-state index contributed by atoms with van der Waals surface area (Å²) in [5, 5.41) is 13.2. The maximum Gasteiger partial charge on any atom is 0.326 e. The lowest BCUT2D eigenvalue weighted by Crippen LogP contribution is -2.27. The van der Waals surface area contributed by atoms with Gasteiger partial charge in [0.2, 0.25) is 0 Å². The standard InChI is InChI=1S/C7H10N4O3S/c1-4-5(11(13)14)6(15-9-4)8-7(12)10(2)3/h1-3H3,(H,8,12). The first-order valence-electron chi connectivity index (χ1n) is 4.02. The first-order chi connectivity index (χ1) is 6.93. The number of carbonyl (C=O) groups is 1. The van der Waals surface area contributed by atoms with Crippen LogP contribution in [0.1, 0.15) is 5.69 Å². The van der Waals surface area contributed by atoms with Crippen molar-refractivity contribution in [3.8, 4) is 0 Å². The highest BCUT2D eigenvalue weighted by Crippen LogP contribution is 2.31. The number of carbonyl (C=O) groups excluding carboxylic acids is 1. The van der Waals surface area contributed by atoms with Gasteiger partial charge in [-0.2, -0.15) is 4.37 Å². The number of aryl methyl sites for hydroxylation is 1. The van der Waals surface area contributed by atoms with Gasteiger partial charge >= 0.3 is 11.7 Å². The fourth-order valence-corrected chi connectivity index (χ4v) is 1.63. The second-order valence-corrected chi connectivity index (χ2v) is 3.80. The second kappa shape index (κ2) is 4.22. The number of amides is 2. The number of anilines is 1. The average molecular weight is 230 g/mol. The topological polar surface area (TPSA) is 88.4 Å². The van der Waals surface area contributed by atoms with Crippen LogP contribution in [-0.4, -0.2) is 34.3 Å². The molecule has 0 aliphatic heterocycles. The van der Waals surface area contributed by atoms with Crippen LogP contribution in [0.3, 0.4) is 0 Å². The summed E-state index contributed by atoms with van der Waals surface area (Å²) in [6, 6.07) is -0.415. The van der Waals surface area contributed by atoms with Crippen LogP contribution in [-0.2, 0) is 0 Å². The summed E-state index contributed by atoms with van der Waals surface area (Å²) in [5.74, 6) is 0. The van der Waals surface area contributed by atoms with E-state index >= 15 is 0 Å². The third-order valence-corrected chi connectivity index (χ3v) is 2.48. The Bertz CT molecular complexity index is 401. The summed E-state index contributed by atoms with van der Waals surface area (Å²) in [4.78, 5) is 22.7. The molecule has 0 fully saturated rings. The number of hydrogen-bond acceptors (Lipinski definition) is 5. The first kappa shape index (κ1) is 11.4. The molecule has 0 aliphatic rings. The molecule has 0 radical (unpaired) electrons. The van der Waals surface area contributed by atoms with Gasteiger partial charge < -0.3 is 4.90 Å². The van der Waals surface area contributed by atoms with Crippen molar-refractivity contribution < 1.29 is 9.72 Å². The van der Waals surface area contributed by atoms with Crippen molar-refractivity contribution in [2.45, 2.75) is 6.92 Å². The maximum atomic E-state index is 11.3. The maximum absolute atomic E-state index is 11.3. The summed E-state index contributed by atoms with van der Waals surface area (Å²) < 4.78 is 3.82. The Balaban J connectivity index is 2.96. The molecule has 82 valence electrons. The normalized spacial score (nSPS) is 9.80. The van der Waals surface area contributed by atoms with Gasteiger partial charge in [0.25, 0.3) is 0 Å². The average Bonchev–Trinajstić information content (AvgIpc) is 2.46. The van der Waals surface area contributed by atoms with Crippen molar-refractivity contribution in [3.63, 3.8) is 0 Å². The van der Waals surface area contributed by atoms with Crippen LogP contribution in [0.25, 0.3) is 0 Å². The van der Waals surface area contributed by atoms with Crippen LogP contribution >= 0.6 is 11.5 Å². The third kappa shape index (κ3) is 2.40. The van der Waals surface area contributed by atoms with Gasteiger partial charge in [-0.15, -0.1) is 0 Å². The van der Waals surface area contributed by atoms with Gasteiger partial charge in [-0.3, -0.25) is 15.4 Å². The molecule has 7 nitrogen and oxygen atoms in total. The fourth-order valence-electron chi connectivity index (χ4n) is 0.871. The minimum absolute atomic E-state index is 0.143. The highest BCUT2D eigenvalue weighted by molar-refractivity contribution is 7.11. The van der Waals surface area contributed by atoms with E-state index in [4.69, 9.17) is 0 Å². The zero-order valence-corrected chi connectivity index (χ0v) is 9.29. The van der Waals surface area contributed by atoms with Gasteiger partial charge in [0.05, 0.1) is 4.92 Å². The van der Waals surface area contributed by atoms with Crippen LogP contribution in [0.15, 0.2) is 0 Å². The van der Waals surface area contributed by atoms with Gasteiger partial charge in [-0.05, 0) is 18.5 Å². The lowest BCUT2D eigenvalue weighted by atomic mass is 10.4. The van der Waals surface area contributed by atoms with E-state index in [1.165, 1.54) is 11.8 Å². The van der Waals surface area contributed by atoms with Gasteiger partial charge in [0.1, 0.15) is 5.69 Å². The van der Waals surface area contributed by atoms with E-state index in [0.29, 0.717) is 5.69 Å². The van der Waals surface area contributed by atoms with Crippen molar-refractivity contribution in [1.29, 1.82) is 0 Å². The number of nitro groups is 1. The summed E-state index contributed by atoms with van der Waals surface area (Å²) in [6.07, 6.45) is 0.